The molecule has 2 N–H and O–H groups in total. The monoisotopic (exact) mass is 302 g/mol. The van der Waals surface area contributed by atoms with Crippen LogP contribution in [0.25, 0.3) is 0 Å². The van der Waals surface area contributed by atoms with Crippen molar-refractivity contribution in [2.24, 2.45) is 5.73 Å². The van der Waals surface area contributed by atoms with Gasteiger partial charge in [-0.05, 0) is 42.0 Å². The highest BCUT2D eigenvalue weighted by Crippen LogP contribution is 2.38. The molecule has 4 nitrogen and oxygen atoms in total. The van der Waals surface area contributed by atoms with Crippen molar-refractivity contribution in [2.45, 2.75) is 12.1 Å². The molecule has 1 heterocycles. The second-order valence-corrected chi connectivity index (χ2v) is 5.36. The Labute approximate surface area is 128 Å². The number of benzene rings is 2. The number of halogens is 1. The van der Waals surface area contributed by atoms with Gasteiger partial charge in [0.2, 0.25) is 5.91 Å². The van der Waals surface area contributed by atoms with Gasteiger partial charge in [-0.3, -0.25) is 4.79 Å². The van der Waals surface area contributed by atoms with Crippen molar-refractivity contribution >= 4 is 23.2 Å². The maximum Gasteiger partial charge on any atom is 0.247 e. The Balaban J connectivity index is 1.92. The lowest BCUT2D eigenvalue weighted by Gasteiger charge is -2.45. The van der Waals surface area contributed by atoms with Crippen LogP contribution in [0.5, 0.6) is 5.75 Å². The number of nitrogens with zero attached hydrogens (tertiary/aromatic N) is 1. The predicted octanol–water partition coefficient (Wildman–Crippen LogP) is 2.76. The summed E-state index contributed by atoms with van der Waals surface area (Å²) < 4.78 is 5.15. The molecule has 1 fully saturated rings. The van der Waals surface area contributed by atoms with Crippen LogP contribution in [0.1, 0.15) is 11.6 Å². The number of hydrogen-bond acceptors (Lipinski definition) is 3. The van der Waals surface area contributed by atoms with E-state index in [2.05, 4.69) is 0 Å². The van der Waals surface area contributed by atoms with E-state index in [4.69, 9.17) is 22.1 Å². The van der Waals surface area contributed by atoms with Crippen LogP contribution in [0.3, 0.4) is 0 Å². The van der Waals surface area contributed by atoms with Gasteiger partial charge in [0.1, 0.15) is 11.8 Å². The van der Waals surface area contributed by atoms with Crippen LogP contribution in [0.4, 0.5) is 5.69 Å². The molecule has 2 atom stereocenters. The molecular formula is C16H15ClN2O2. The van der Waals surface area contributed by atoms with Crippen molar-refractivity contribution < 1.29 is 9.53 Å². The number of nitrogens with two attached hydrogens (primary N) is 1. The maximum absolute atomic E-state index is 12.1. The van der Waals surface area contributed by atoms with Gasteiger partial charge in [0.25, 0.3) is 0 Å². The highest BCUT2D eigenvalue weighted by atomic mass is 35.5. The number of carbonyl (C=O) groups is 1. The van der Waals surface area contributed by atoms with Crippen molar-refractivity contribution in [3.63, 3.8) is 0 Å². The molecule has 0 unspecified atom stereocenters. The fourth-order valence-electron chi connectivity index (χ4n) is 2.56. The zero-order valence-electron chi connectivity index (χ0n) is 11.5. The van der Waals surface area contributed by atoms with Gasteiger partial charge in [0.05, 0.1) is 13.2 Å². The zero-order valence-corrected chi connectivity index (χ0v) is 12.2. The standard InChI is InChI=1S/C16H15ClN2O2/c1-21-13-8-2-10(3-9-13)15-14(18)16(20)19(15)12-6-4-11(17)5-7-12/h2-9,14-15H,18H2,1H3/t14-,15-/m0/s1. The third-order valence-electron chi connectivity index (χ3n) is 3.70. The number of rotatable bonds is 3. The van der Waals surface area contributed by atoms with E-state index in [0.717, 1.165) is 17.0 Å². The smallest absolute Gasteiger partial charge is 0.247 e. The van der Waals surface area contributed by atoms with Crippen LogP contribution in [0.15, 0.2) is 48.5 Å². The van der Waals surface area contributed by atoms with Crippen molar-refractivity contribution in [3.05, 3.63) is 59.1 Å². The summed E-state index contributed by atoms with van der Waals surface area (Å²) in [5.74, 6) is 0.689. The summed E-state index contributed by atoms with van der Waals surface area (Å²) in [5, 5.41) is 0.636. The Kier molecular flexibility index (Phi) is 3.57. The number of carbonyl (C=O) groups excluding carboxylic acids is 1. The number of amides is 1. The van der Waals surface area contributed by atoms with E-state index in [1.165, 1.54) is 0 Å². The first-order chi connectivity index (χ1) is 10.1. The van der Waals surface area contributed by atoms with E-state index in [0.29, 0.717) is 5.02 Å². The van der Waals surface area contributed by atoms with Gasteiger partial charge in [0, 0.05) is 10.7 Å². The number of ether oxygens (including phenoxy) is 1. The number of hydrogen-bond donors (Lipinski definition) is 1. The average molecular weight is 303 g/mol. The van der Waals surface area contributed by atoms with Gasteiger partial charge in [0.15, 0.2) is 0 Å². The molecule has 1 aliphatic rings. The molecule has 0 aromatic heterocycles. The minimum Gasteiger partial charge on any atom is -0.497 e. The molecule has 5 heteroatoms. The summed E-state index contributed by atoms with van der Waals surface area (Å²) >= 11 is 5.89. The summed E-state index contributed by atoms with van der Waals surface area (Å²) in [6.45, 7) is 0. The first-order valence-electron chi connectivity index (χ1n) is 6.60. The van der Waals surface area contributed by atoms with Gasteiger partial charge in [-0.1, -0.05) is 23.7 Å². The largest absolute Gasteiger partial charge is 0.497 e. The van der Waals surface area contributed by atoms with E-state index in [-0.39, 0.29) is 11.9 Å². The predicted molar refractivity (Wildman–Crippen MR) is 82.6 cm³/mol. The molecule has 3 rings (SSSR count). The molecule has 0 bridgehead atoms. The van der Waals surface area contributed by atoms with Gasteiger partial charge >= 0.3 is 0 Å². The number of β-lactam (4-membered cyclic amide) rings is 1. The third-order valence-corrected chi connectivity index (χ3v) is 3.96. The fraction of sp³-hybridized carbons (Fsp3) is 0.188. The van der Waals surface area contributed by atoms with Crippen molar-refractivity contribution in [2.75, 3.05) is 12.0 Å². The lowest BCUT2D eigenvalue weighted by atomic mass is 9.88. The fourth-order valence-corrected chi connectivity index (χ4v) is 2.68. The van der Waals surface area contributed by atoms with E-state index >= 15 is 0 Å². The molecule has 1 amide bonds. The normalized spacial score (nSPS) is 21.1. The summed E-state index contributed by atoms with van der Waals surface area (Å²) in [4.78, 5) is 13.8. The minimum absolute atomic E-state index is 0.0851. The molecular weight excluding hydrogens is 288 g/mol. The average Bonchev–Trinajstić information content (AvgIpc) is 2.53. The van der Waals surface area contributed by atoms with Crippen LogP contribution < -0.4 is 15.4 Å². The van der Waals surface area contributed by atoms with Crippen molar-refractivity contribution in [3.8, 4) is 5.75 Å². The lowest BCUT2D eigenvalue weighted by molar-refractivity contribution is -0.126. The maximum atomic E-state index is 12.1. The first kappa shape index (κ1) is 13.9. The highest BCUT2D eigenvalue weighted by Gasteiger charge is 2.46. The van der Waals surface area contributed by atoms with Crippen LogP contribution in [0.2, 0.25) is 5.02 Å². The number of anilines is 1. The van der Waals surface area contributed by atoms with Gasteiger partial charge in [-0.2, -0.15) is 0 Å². The highest BCUT2D eigenvalue weighted by molar-refractivity contribution is 6.30. The van der Waals surface area contributed by atoms with Crippen LogP contribution in [-0.4, -0.2) is 19.1 Å². The molecule has 1 aliphatic heterocycles. The van der Waals surface area contributed by atoms with Crippen molar-refractivity contribution in [1.82, 2.24) is 0 Å². The third kappa shape index (κ3) is 2.37. The molecule has 0 radical (unpaired) electrons. The van der Waals surface area contributed by atoms with Crippen molar-refractivity contribution in [1.29, 1.82) is 0 Å². The molecule has 2 aromatic carbocycles. The molecule has 108 valence electrons. The topological polar surface area (TPSA) is 55.6 Å². The zero-order chi connectivity index (χ0) is 15.0. The van der Waals surface area contributed by atoms with Crippen LogP contribution >= 0.6 is 11.6 Å². The second kappa shape index (κ2) is 5.39. The van der Waals surface area contributed by atoms with E-state index < -0.39 is 6.04 Å². The summed E-state index contributed by atoms with van der Waals surface area (Å²) in [5.41, 5.74) is 7.76. The Bertz CT molecular complexity index is 655. The van der Waals surface area contributed by atoms with Gasteiger partial charge < -0.3 is 15.4 Å². The molecule has 0 saturated carbocycles. The first-order valence-corrected chi connectivity index (χ1v) is 6.98. The van der Waals surface area contributed by atoms with E-state index in [9.17, 15) is 4.79 Å². The van der Waals surface area contributed by atoms with E-state index in [1.807, 2.05) is 36.4 Å². The minimum atomic E-state index is -0.519. The Morgan fingerprint density at radius 2 is 1.71 bits per heavy atom. The lowest BCUT2D eigenvalue weighted by Crippen LogP contribution is -2.63. The summed E-state index contributed by atoms with van der Waals surface area (Å²) in [6.07, 6.45) is 0. The summed E-state index contributed by atoms with van der Waals surface area (Å²) in [7, 11) is 1.62. The number of methoxy groups -OCH3 is 1. The molecule has 21 heavy (non-hydrogen) atoms. The molecule has 1 saturated heterocycles. The Morgan fingerprint density at radius 3 is 2.29 bits per heavy atom. The SMILES string of the molecule is COc1ccc([C@H]2[C@H](N)C(=O)N2c2ccc(Cl)cc2)cc1. The van der Waals surface area contributed by atoms with E-state index in [1.54, 1.807) is 24.1 Å². The Hall–Kier alpha value is -2.04. The molecule has 0 aliphatic carbocycles. The molecule has 0 spiro atoms. The van der Waals surface area contributed by atoms with Gasteiger partial charge in [-0.25, -0.2) is 0 Å². The Morgan fingerprint density at radius 1 is 1.10 bits per heavy atom. The molecule has 2 aromatic rings. The van der Waals surface area contributed by atoms with Gasteiger partial charge in [-0.15, -0.1) is 0 Å². The summed E-state index contributed by atoms with van der Waals surface area (Å²) in [6, 6.07) is 14.1. The van der Waals surface area contributed by atoms with Crippen LogP contribution in [-0.2, 0) is 4.79 Å². The quantitative estimate of drug-likeness (QED) is 0.887. The van der Waals surface area contributed by atoms with Crippen LogP contribution in [0, 0.1) is 0 Å². The second-order valence-electron chi connectivity index (χ2n) is 4.93.